The number of hydrogen-bond donors (Lipinski definition) is 1. The molecule has 0 atom stereocenters. The monoisotopic (exact) mass is 326 g/mol. The van der Waals surface area contributed by atoms with E-state index in [0.29, 0.717) is 17.8 Å². The van der Waals surface area contributed by atoms with E-state index in [0.717, 1.165) is 28.0 Å². The molecule has 0 saturated carbocycles. The average Bonchev–Trinajstić information content (AvgIpc) is 2.98. The van der Waals surface area contributed by atoms with Crippen molar-refractivity contribution in [2.45, 2.75) is 20.4 Å². The summed E-state index contributed by atoms with van der Waals surface area (Å²) in [4.78, 5) is 4.72. The maximum absolute atomic E-state index is 9.57. The zero-order valence-corrected chi connectivity index (χ0v) is 14.2. The molecule has 0 radical (unpaired) electrons. The van der Waals surface area contributed by atoms with Crippen LogP contribution >= 0.6 is 0 Å². The highest BCUT2D eigenvalue weighted by Crippen LogP contribution is 2.27. The van der Waals surface area contributed by atoms with Gasteiger partial charge in [0, 0.05) is 6.54 Å². The number of anilines is 1. The van der Waals surface area contributed by atoms with Gasteiger partial charge in [0.1, 0.15) is 11.9 Å². The molecule has 0 saturated heterocycles. The molecule has 0 amide bonds. The zero-order valence-electron chi connectivity index (χ0n) is 14.2. The van der Waals surface area contributed by atoms with E-state index in [4.69, 9.17) is 4.98 Å². The summed E-state index contributed by atoms with van der Waals surface area (Å²) < 4.78 is 2.04. The second kappa shape index (κ2) is 5.95. The van der Waals surface area contributed by atoms with Gasteiger partial charge in [-0.2, -0.15) is 5.26 Å². The Kier molecular flexibility index (Phi) is 3.62. The number of benzene rings is 2. The van der Waals surface area contributed by atoms with Crippen molar-refractivity contribution in [1.29, 1.82) is 5.26 Å². The summed E-state index contributed by atoms with van der Waals surface area (Å²) in [5, 5.41) is 13.1. The van der Waals surface area contributed by atoms with Crippen molar-refractivity contribution < 1.29 is 0 Å². The number of fused-ring (bicyclic) bond motifs is 3. The molecule has 0 spiro atoms. The lowest BCUT2D eigenvalue weighted by molar-refractivity contribution is 1.08. The molecular weight excluding hydrogens is 308 g/mol. The molecule has 2 heterocycles. The van der Waals surface area contributed by atoms with Gasteiger partial charge in [-0.15, -0.1) is 0 Å². The number of rotatable bonds is 3. The van der Waals surface area contributed by atoms with Gasteiger partial charge >= 0.3 is 0 Å². The Balaban J connectivity index is 1.91. The lowest BCUT2D eigenvalue weighted by Crippen LogP contribution is -2.06. The molecule has 0 bridgehead atoms. The molecule has 1 N–H and O–H groups in total. The van der Waals surface area contributed by atoms with Crippen LogP contribution in [-0.4, -0.2) is 9.38 Å². The minimum atomic E-state index is 0.624. The number of pyridine rings is 1. The summed E-state index contributed by atoms with van der Waals surface area (Å²) in [5.74, 6) is 0.946. The fourth-order valence-electron chi connectivity index (χ4n) is 3.18. The number of aromatic nitrogens is 2. The highest BCUT2D eigenvalue weighted by Gasteiger charge is 2.15. The molecule has 0 aliphatic rings. The van der Waals surface area contributed by atoms with E-state index >= 15 is 0 Å². The molecule has 4 aromatic rings. The molecule has 4 nitrogen and oxygen atoms in total. The van der Waals surface area contributed by atoms with Crippen LogP contribution in [-0.2, 0) is 6.54 Å². The minimum absolute atomic E-state index is 0.624. The molecule has 122 valence electrons. The topological polar surface area (TPSA) is 53.1 Å². The SMILES string of the molecule is Cc1ccc2c(c1)nc1c(C#N)c(C)cc(NCc3ccccc3)n12. The molecule has 2 aromatic carbocycles. The van der Waals surface area contributed by atoms with Gasteiger partial charge in [0.2, 0.25) is 0 Å². The molecule has 25 heavy (non-hydrogen) atoms. The van der Waals surface area contributed by atoms with Gasteiger partial charge in [0.15, 0.2) is 5.65 Å². The van der Waals surface area contributed by atoms with Crippen molar-refractivity contribution in [2.75, 3.05) is 5.32 Å². The lowest BCUT2D eigenvalue weighted by atomic mass is 10.1. The number of imidazole rings is 1. The molecule has 4 heteroatoms. The van der Waals surface area contributed by atoms with Crippen molar-refractivity contribution in [3.05, 3.63) is 76.9 Å². The molecule has 4 rings (SSSR count). The van der Waals surface area contributed by atoms with Crippen LogP contribution in [0.1, 0.15) is 22.3 Å². The minimum Gasteiger partial charge on any atom is -0.367 e. The second-order valence-corrected chi connectivity index (χ2v) is 6.30. The summed E-state index contributed by atoms with van der Waals surface area (Å²) in [5.41, 5.74) is 6.54. The predicted molar refractivity (Wildman–Crippen MR) is 101 cm³/mol. The van der Waals surface area contributed by atoms with Gasteiger partial charge in [-0.1, -0.05) is 36.4 Å². The van der Waals surface area contributed by atoms with Crippen LogP contribution in [0.5, 0.6) is 0 Å². The average molecular weight is 326 g/mol. The van der Waals surface area contributed by atoms with Gasteiger partial charge in [-0.05, 0) is 48.7 Å². The molecule has 2 aromatic heterocycles. The lowest BCUT2D eigenvalue weighted by Gasteiger charge is -2.12. The number of nitrogens with zero attached hydrogens (tertiary/aromatic N) is 3. The molecule has 0 fully saturated rings. The number of hydrogen-bond acceptors (Lipinski definition) is 3. The van der Waals surface area contributed by atoms with Crippen LogP contribution in [0.15, 0.2) is 54.6 Å². The summed E-state index contributed by atoms with van der Waals surface area (Å²) in [6.45, 7) is 4.72. The third-order valence-electron chi connectivity index (χ3n) is 4.45. The van der Waals surface area contributed by atoms with Gasteiger partial charge in [-0.25, -0.2) is 4.98 Å². The van der Waals surface area contributed by atoms with Crippen molar-refractivity contribution >= 4 is 22.5 Å². The number of nitrogens with one attached hydrogen (secondary N) is 1. The molecular formula is C21H18N4. The van der Waals surface area contributed by atoms with Crippen LogP contribution in [0.25, 0.3) is 16.7 Å². The second-order valence-electron chi connectivity index (χ2n) is 6.30. The standard InChI is InChI=1S/C21H18N4/c1-14-8-9-19-18(10-14)24-21-17(12-22)15(2)11-20(25(19)21)23-13-16-6-4-3-5-7-16/h3-11,23H,13H2,1-2H3. The van der Waals surface area contributed by atoms with Crippen LogP contribution < -0.4 is 5.32 Å². The first-order valence-electron chi connectivity index (χ1n) is 8.27. The van der Waals surface area contributed by atoms with E-state index in [-0.39, 0.29) is 0 Å². The van der Waals surface area contributed by atoms with E-state index in [2.05, 4.69) is 48.6 Å². The van der Waals surface area contributed by atoms with Crippen LogP contribution in [0.2, 0.25) is 0 Å². The first kappa shape index (κ1) is 15.2. The van der Waals surface area contributed by atoms with Gasteiger partial charge in [0.25, 0.3) is 0 Å². The Morgan fingerprint density at radius 2 is 1.88 bits per heavy atom. The fourth-order valence-corrected chi connectivity index (χ4v) is 3.18. The summed E-state index contributed by atoms with van der Waals surface area (Å²) >= 11 is 0. The van der Waals surface area contributed by atoms with Crippen molar-refractivity contribution in [3.8, 4) is 6.07 Å². The van der Waals surface area contributed by atoms with Crippen LogP contribution in [0.4, 0.5) is 5.82 Å². The Morgan fingerprint density at radius 3 is 2.64 bits per heavy atom. The van der Waals surface area contributed by atoms with E-state index in [9.17, 15) is 5.26 Å². The van der Waals surface area contributed by atoms with E-state index < -0.39 is 0 Å². The third-order valence-corrected chi connectivity index (χ3v) is 4.45. The first-order valence-corrected chi connectivity index (χ1v) is 8.27. The van der Waals surface area contributed by atoms with Gasteiger partial charge in [0.05, 0.1) is 16.6 Å². The quantitative estimate of drug-likeness (QED) is 0.599. The van der Waals surface area contributed by atoms with Crippen molar-refractivity contribution in [1.82, 2.24) is 9.38 Å². The number of nitriles is 1. The fraction of sp³-hybridized carbons (Fsp3) is 0.143. The smallest absolute Gasteiger partial charge is 0.157 e. The van der Waals surface area contributed by atoms with Gasteiger partial charge < -0.3 is 5.32 Å². The van der Waals surface area contributed by atoms with E-state index in [1.807, 2.05) is 35.6 Å². The maximum atomic E-state index is 9.57. The highest BCUT2D eigenvalue weighted by molar-refractivity contribution is 5.85. The first-order chi connectivity index (χ1) is 12.2. The van der Waals surface area contributed by atoms with Gasteiger partial charge in [-0.3, -0.25) is 4.40 Å². The Labute approximate surface area is 146 Å². The zero-order chi connectivity index (χ0) is 17.4. The maximum Gasteiger partial charge on any atom is 0.157 e. The molecule has 0 aliphatic heterocycles. The summed E-state index contributed by atoms with van der Waals surface area (Å²) in [7, 11) is 0. The number of aryl methyl sites for hydroxylation is 2. The van der Waals surface area contributed by atoms with Crippen molar-refractivity contribution in [3.63, 3.8) is 0 Å². The molecule has 0 aliphatic carbocycles. The Morgan fingerprint density at radius 1 is 1.08 bits per heavy atom. The van der Waals surface area contributed by atoms with E-state index in [1.54, 1.807) is 0 Å². The van der Waals surface area contributed by atoms with Crippen LogP contribution in [0.3, 0.4) is 0 Å². The Hall–Kier alpha value is -3.32. The normalized spacial score (nSPS) is 10.9. The Bertz CT molecular complexity index is 1120. The highest BCUT2D eigenvalue weighted by atomic mass is 15.1. The third kappa shape index (κ3) is 2.60. The van der Waals surface area contributed by atoms with Crippen molar-refractivity contribution in [2.24, 2.45) is 0 Å². The predicted octanol–water partition coefficient (Wildman–Crippen LogP) is 4.59. The summed E-state index contributed by atoms with van der Waals surface area (Å²) in [6, 6.07) is 20.8. The van der Waals surface area contributed by atoms with Crippen LogP contribution in [0, 0.1) is 25.2 Å². The van der Waals surface area contributed by atoms with E-state index in [1.165, 1.54) is 5.56 Å². The largest absolute Gasteiger partial charge is 0.367 e. The summed E-state index contributed by atoms with van der Waals surface area (Å²) in [6.07, 6.45) is 0. The molecule has 0 unspecified atom stereocenters.